The van der Waals surface area contributed by atoms with Gasteiger partial charge in [-0.2, -0.15) is 11.8 Å². The van der Waals surface area contributed by atoms with Crippen molar-refractivity contribution in [3.63, 3.8) is 0 Å². The highest BCUT2D eigenvalue weighted by molar-refractivity contribution is 7.99. The zero-order valence-electron chi connectivity index (χ0n) is 7.88. The summed E-state index contributed by atoms with van der Waals surface area (Å²) in [4.78, 5) is 0. The van der Waals surface area contributed by atoms with Crippen LogP contribution >= 0.6 is 11.8 Å². The molecular formula is C9H20N2S. The predicted octanol–water partition coefficient (Wildman–Crippen LogP) is 1.07. The third-order valence-corrected chi connectivity index (χ3v) is 3.77. The molecule has 0 spiro atoms. The van der Waals surface area contributed by atoms with Crippen molar-refractivity contribution < 1.29 is 0 Å². The largest absolute Gasteiger partial charge is 0.329 e. The van der Waals surface area contributed by atoms with Gasteiger partial charge in [0, 0.05) is 11.8 Å². The SMILES string of the molecule is CC(CN)SCC1CCCNC1. The van der Waals surface area contributed by atoms with Gasteiger partial charge >= 0.3 is 0 Å². The lowest BCUT2D eigenvalue weighted by molar-refractivity contribution is 0.410. The van der Waals surface area contributed by atoms with E-state index in [-0.39, 0.29) is 0 Å². The minimum atomic E-state index is 0.631. The van der Waals surface area contributed by atoms with E-state index in [2.05, 4.69) is 12.2 Å². The first-order valence-electron chi connectivity index (χ1n) is 4.85. The van der Waals surface area contributed by atoms with Crippen molar-refractivity contribution in [1.29, 1.82) is 0 Å². The first-order valence-corrected chi connectivity index (χ1v) is 5.90. The molecule has 0 aromatic heterocycles. The quantitative estimate of drug-likeness (QED) is 0.693. The van der Waals surface area contributed by atoms with Gasteiger partial charge in [-0.3, -0.25) is 0 Å². The Morgan fingerprint density at radius 2 is 2.50 bits per heavy atom. The van der Waals surface area contributed by atoms with Gasteiger partial charge < -0.3 is 11.1 Å². The van der Waals surface area contributed by atoms with Crippen molar-refractivity contribution >= 4 is 11.8 Å². The van der Waals surface area contributed by atoms with E-state index in [1.807, 2.05) is 11.8 Å². The van der Waals surface area contributed by atoms with Gasteiger partial charge in [-0.05, 0) is 37.6 Å². The topological polar surface area (TPSA) is 38.0 Å². The smallest absolute Gasteiger partial charge is 0.0142 e. The van der Waals surface area contributed by atoms with E-state index < -0.39 is 0 Å². The summed E-state index contributed by atoms with van der Waals surface area (Å²) in [5.41, 5.74) is 5.55. The molecule has 1 rings (SSSR count). The molecule has 1 heterocycles. The highest BCUT2D eigenvalue weighted by Gasteiger charge is 2.13. The minimum absolute atomic E-state index is 0.631. The van der Waals surface area contributed by atoms with Gasteiger partial charge in [0.1, 0.15) is 0 Å². The monoisotopic (exact) mass is 188 g/mol. The summed E-state index contributed by atoms with van der Waals surface area (Å²) in [6.07, 6.45) is 2.75. The Labute approximate surface area is 79.7 Å². The highest BCUT2D eigenvalue weighted by Crippen LogP contribution is 2.19. The molecule has 0 bridgehead atoms. The van der Waals surface area contributed by atoms with Crippen LogP contribution in [0.2, 0.25) is 0 Å². The Balaban J connectivity index is 2.05. The second-order valence-electron chi connectivity index (χ2n) is 3.59. The van der Waals surface area contributed by atoms with Crippen LogP contribution in [-0.2, 0) is 0 Å². The fourth-order valence-corrected chi connectivity index (χ4v) is 2.46. The first-order chi connectivity index (χ1) is 5.83. The Hall–Kier alpha value is 0.270. The molecule has 0 aliphatic carbocycles. The number of hydrogen-bond acceptors (Lipinski definition) is 3. The molecule has 0 aromatic carbocycles. The van der Waals surface area contributed by atoms with Crippen LogP contribution < -0.4 is 11.1 Å². The second-order valence-corrected chi connectivity index (χ2v) is 5.06. The molecule has 1 aliphatic heterocycles. The first kappa shape index (κ1) is 10.4. The van der Waals surface area contributed by atoms with Crippen LogP contribution in [0, 0.1) is 5.92 Å². The molecule has 2 nitrogen and oxygen atoms in total. The number of nitrogens with two attached hydrogens (primary N) is 1. The number of piperidine rings is 1. The van der Waals surface area contributed by atoms with Gasteiger partial charge in [0.05, 0.1) is 0 Å². The van der Waals surface area contributed by atoms with Gasteiger partial charge in [0.2, 0.25) is 0 Å². The molecule has 12 heavy (non-hydrogen) atoms. The third-order valence-electron chi connectivity index (χ3n) is 2.35. The lowest BCUT2D eigenvalue weighted by atomic mass is 10.0. The maximum atomic E-state index is 5.55. The predicted molar refractivity (Wildman–Crippen MR) is 56.6 cm³/mol. The van der Waals surface area contributed by atoms with Crippen LogP contribution in [0.4, 0.5) is 0 Å². The molecule has 0 saturated carbocycles. The Morgan fingerprint density at radius 1 is 1.67 bits per heavy atom. The molecule has 0 radical (unpaired) electrons. The van der Waals surface area contributed by atoms with E-state index in [1.54, 1.807) is 0 Å². The Bertz CT molecular complexity index is 113. The molecule has 3 N–H and O–H groups in total. The molecule has 72 valence electrons. The maximum Gasteiger partial charge on any atom is 0.0142 e. The zero-order chi connectivity index (χ0) is 8.81. The Kier molecular flexibility index (Phi) is 5.04. The van der Waals surface area contributed by atoms with Crippen LogP contribution in [0.25, 0.3) is 0 Å². The lowest BCUT2D eigenvalue weighted by Gasteiger charge is -2.23. The highest BCUT2D eigenvalue weighted by atomic mass is 32.2. The third kappa shape index (κ3) is 3.78. The summed E-state index contributed by atoms with van der Waals surface area (Å²) < 4.78 is 0. The fraction of sp³-hybridized carbons (Fsp3) is 1.00. The average molecular weight is 188 g/mol. The van der Waals surface area contributed by atoms with Crippen LogP contribution in [0.1, 0.15) is 19.8 Å². The van der Waals surface area contributed by atoms with Gasteiger partial charge in [-0.25, -0.2) is 0 Å². The fourth-order valence-electron chi connectivity index (χ4n) is 1.43. The molecule has 3 heteroatoms. The van der Waals surface area contributed by atoms with E-state index in [0.717, 1.165) is 12.5 Å². The van der Waals surface area contributed by atoms with Crippen molar-refractivity contribution in [2.45, 2.75) is 25.0 Å². The van der Waals surface area contributed by atoms with Gasteiger partial charge in [-0.1, -0.05) is 6.92 Å². The van der Waals surface area contributed by atoms with Crippen LogP contribution in [-0.4, -0.2) is 30.6 Å². The van der Waals surface area contributed by atoms with Crippen molar-refractivity contribution in [3.05, 3.63) is 0 Å². The summed E-state index contributed by atoms with van der Waals surface area (Å²) in [6, 6.07) is 0. The summed E-state index contributed by atoms with van der Waals surface area (Å²) in [5.74, 6) is 2.17. The van der Waals surface area contributed by atoms with Crippen molar-refractivity contribution in [1.82, 2.24) is 5.32 Å². The molecule has 2 atom stereocenters. The van der Waals surface area contributed by atoms with Crippen molar-refractivity contribution in [2.75, 3.05) is 25.4 Å². The molecule has 0 amide bonds. The molecule has 1 fully saturated rings. The van der Waals surface area contributed by atoms with Crippen molar-refractivity contribution in [2.24, 2.45) is 11.7 Å². The summed E-state index contributed by atoms with van der Waals surface area (Å²) in [5, 5.41) is 4.06. The zero-order valence-corrected chi connectivity index (χ0v) is 8.70. The molecular weight excluding hydrogens is 168 g/mol. The average Bonchev–Trinajstić information content (AvgIpc) is 2.16. The Morgan fingerprint density at radius 3 is 3.08 bits per heavy atom. The maximum absolute atomic E-state index is 5.55. The van der Waals surface area contributed by atoms with Crippen LogP contribution in [0.15, 0.2) is 0 Å². The lowest BCUT2D eigenvalue weighted by Crippen LogP contribution is -2.31. The normalized spacial score (nSPS) is 27.0. The van der Waals surface area contributed by atoms with Gasteiger partial charge in [0.15, 0.2) is 0 Å². The minimum Gasteiger partial charge on any atom is -0.329 e. The van der Waals surface area contributed by atoms with E-state index in [9.17, 15) is 0 Å². The molecule has 1 aliphatic rings. The molecule has 2 unspecified atom stereocenters. The summed E-state index contributed by atoms with van der Waals surface area (Å²) in [6.45, 7) is 5.45. The number of nitrogens with one attached hydrogen (secondary N) is 1. The molecule has 0 aromatic rings. The van der Waals surface area contributed by atoms with E-state index >= 15 is 0 Å². The number of rotatable bonds is 4. The van der Waals surface area contributed by atoms with Gasteiger partial charge in [0.25, 0.3) is 0 Å². The van der Waals surface area contributed by atoms with E-state index in [1.165, 1.54) is 31.7 Å². The number of thioether (sulfide) groups is 1. The summed E-state index contributed by atoms with van der Waals surface area (Å²) >= 11 is 2.02. The van der Waals surface area contributed by atoms with Gasteiger partial charge in [-0.15, -0.1) is 0 Å². The van der Waals surface area contributed by atoms with Crippen LogP contribution in [0.5, 0.6) is 0 Å². The van der Waals surface area contributed by atoms with Crippen molar-refractivity contribution in [3.8, 4) is 0 Å². The summed E-state index contributed by atoms with van der Waals surface area (Å²) in [7, 11) is 0. The van der Waals surface area contributed by atoms with E-state index in [4.69, 9.17) is 5.73 Å². The van der Waals surface area contributed by atoms with Crippen LogP contribution in [0.3, 0.4) is 0 Å². The number of hydrogen-bond donors (Lipinski definition) is 2. The second kappa shape index (κ2) is 5.84. The standard InChI is InChI=1S/C9H20N2S/c1-8(5-10)12-7-9-3-2-4-11-6-9/h8-9,11H,2-7,10H2,1H3. The molecule has 1 saturated heterocycles. The van der Waals surface area contributed by atoms with E-state index in [0.29, 0.717) is 5.25 Å².